The molecular formula is C19H23N3O2. The van der Waals surface area contributed by atoms with Crippen LogP contribution in [0.1, 0.15) is 12.5 Å². The first-order chi connectivity index (χ1) is 11.4. The lowest BCUT2D eigenvalue weighted by molar-refractivity contribution is -0.120. The molecule has 0 spiro atoms. The van der Waals surface area contributed by atoms with E-state index in [2.05, 4.69) is 5.32 Å². The van der Waals surface area contributed by atoms with Crippen molar-refractivity contribution in [2.45, 2.75) is 13.8 Å². The normalized spacial score (nSPS) is 10.2. The van der Waals surface area contributed by atoms with E-state index < -0.39 is 0 Å². The Morgan fingerprint density at radius 1 is 1.00 bits per heavy atom. The van der Waals surface area contributed by atoms with Gasteiger partial charge < -0.3 is 15.1 Å². The molecule has 24 heavy (non-hydrogen) atoms. The van der Waals surface area contributed by atoms with E-state index in [0.29, 0.717) is 5.69 Å². The second-order valence-electron chi connectivity index (χ2n) is 5.93. The highest BCUT2D eigenvalue weighted by Gasteiger charge is 2.16. The summed E-state index contributed by atoms with van der Waals surface area (Å²) in [5, 5.41) is 2.83. The highest BCUT2D eigenvalue weighted by Crippen LogP contribution is 2.18. The molecule has 0 saturated heterocycles. The standard InChI is InChI=1S/C19H23N3O2/c1-14-6-5-7-18(12-14)22(15(2)23)13-19(24)20-16-8-10-17(11-9-16)21(3)4/h5-12H,13H2,1-4H3,(H,20,24). The first-order valence-electron chi connectivity index (χ1n) is 7.79. The van der Waals surface area contributed by atoms with E-state index in [1.54, 1.807) is 0 Å². The van der Waals surface area contributed by atoms with E-state index in [1.165, 1.54) is 11.8 Å². The molecule has 0 aliphatic carbocycles. The zero-order valence-electron chi connectivity index (χ0n) is 14.5. The maximum Gasteiger partial charge on any atom is 0.244 e. The van der Waals surface area contributed by atoms with Crippen LogP contribution >= 0.6 is 0 Å². The summed E-state index contributed by atoms with van der Waals surface area (Å²) >= 11 is 0. The van der Waals surface area contributed by atoms with E-state index in [4.69, 9.17) is 0 Å². The van der Waals surface area contributed by atoms with Crippen molar-refractivity contribution >= 4 is 28.9 Å². The summed E-state index contributed by atoms with van der Waals surface area (Å²) in [6.45, 7) is 3.39. The van der Waals surface area contributed by atoms with Crippen molar-refractivity contribution < 1.29 is 9.59 Å². The third kappa shape index (κ3) is 4.59. The van der Waals surface area contributed by atoms with Crippen LogP contribution in [-0.2, 0) is 9.59 Å². The van der Waals surface area contributed by atoms with Crippen LogP contribution in [0.5, 0.6) is 0 Å². The Balaban J connectivity index is 2.07. The zero-order chi connectivity index (χ0) is 17.7. The molecule has 5 heteroatoms. The van der Waals surface area contributed by atoms with Gasteiger partial charge in [0.1, 0.15) is 6.54 Å². The summed E-state index contributed by atoms with van der Waals surface area (Å²) in [6.07, 6.45) is 0. The molecule has 2 aromatic rings. The number of hydrogen-bond acceptors (Lipinski definition) is 3. The zero-order valence-corrected chi connectivity index (χ0v) is 14.5. The van der Waals surface area contributed by atoms with Crippen molar-refractivity contribution in [2.24, 2.45) is 0 Å². The highest BCUT2D eigenvalue weighted by atomic mass is 16.2. The minimum absolute atomic E-state index is 0.0196. The van der Waals surface area contributed by atoms with Gasteiger partial charge >= 0.3 is 0 Å². The molecule has 126 valence electrons. The van der Waals surface area contributed by atoms with Gasteiger partial charge in [-0.05, 0) is 48.9 Å². The average Bonchev–Trinajstić information content (AvgIpc) is 2.52. The minimum atomic E-state index is -0.232. The van der Waals surface area contributed by atoms with Gasteiger partial charge in [-0.1, -0.05) is 12.1 Å². The molecule has 0 radical (unpaired) electrons. The lowest BCUT2D eigenvalue weighted by Gasteiger charge is -2.21. The van der Waals surface area contributed by atoms with Crippen LogP contribution < -0.4 is 15.1 Å². The number of rotatable bonds is 5. The molecule has 0 bridgehead atoms. The maximum atomic E-state index is 12.3. The van der Waals surface area contributed by atoms with Crippen molar-refractivity contribution in [3.05, 3.63) is 54.1 Å². The van der Waals surface area contributed by atoms with Crippen LogP contribution in [0.2, 0.25) is 0 Å². The van der Waals surface area contributed by atoms with Crippen LogP contribution in [0, 0.1) is 6.92 Å². The van der Waals surface area contributed by atoms with Gasteiger partial charge in [0.05, 0.1) is 0 Å². The van der Waals surface area contributed by atoms with Gasteiger partial charge in [0.2, 0.25) is 11.8 Å². The Labute approximate surface area is 142 Å². The van der Waals surface area contributed by atoms with Gasteiger partial charge in [-0.15, -0.1) is 0 Å². The molecule has 2 aromatic carbocycles. The van der Waals surface area contributed by atoms with Crippen molar-refractivity contribution in [1.82, 2.24) is 0 Å². The summed E-state index contributed by atoms with van der Waals surface area (Å²) in [5.74, 6) is -0.400. The molecule has 5 nitrogen and oxygen atoms in total. The largest absolute Gasteiger partial charge is 0.378 e. The van der Waals surface area contributed by atoms with E-state index in [-0.39, 0.29) is 18.4 Å². The lowest BCUT2D eigenvalue weighted by atomic mass is 10.2. The van der Waals surface area contributed by atoms with Crippen molar-refractivity contribution in [3.63, 3.8) is 0 Å². The molecule has 0 unspecified atom stereocenters. The van der Waals surface area contributed by atoms with Crippen molar-refractivity contribution in [1.29, 1.82) is 0 Å². The van der Waals surface area contributed by atoms with Crippen LogP contribution in [0.4, 0.5) is 17.1 Å². The first kappa shape index (κ1) is 17.5. The second-order valence-corrected chi connectivity index (χ2v) is 5.93. The molecule has 0 aliphatic heterocycles. The fourth-order valence-electron chi connectivity index (χ4n) is 2.37. The number of aryl methyl sites for hydroxylation is 1. The predicted molar refractivity (Wildman–Crippen MR) is 98.6 cm³/mol. The molecule has 1 N–H and O–H groups in total. The lowest BCUT2D eigenvalue weighted by Crippen LogP contribution is -2.36. The van der Waals surface area contributed by atoms with Gasteiger partial charge in [0, 0.05) is 38.1 Å². The summed E-state index contributed by atoms with van der Waals surface area (Å²) in [4.78, 5) is 27.6. The average molecular weight is 325 g/mol. The maximum absolute atomic E-state index is 12.3. The fraction of sp³-hybridized carbons (Fsp3) is 0.263. The SMILES string of the molecule is CC(=O)N(CC(=O)Nc1ccc(N(C)C)cc1)c1cccc(C)c1. The van der Waals surface area contributed by atoms with Gasteiger partial charge in [0.25, 0.3) is 0 Å². The molecular weight excluding hydrogens is 302 g/mol. The van der Waals surface area contributed by atoms with Crippen molar-refractivity contribution in [2.75, 3.05) is 35.8 Å². The Morgan fingerprint density at radius 3 is 2.21 bits per heavy atom. The molecule has 2 amide bonds. The van der Waals surface area contributed by atoms with Gasteiger partial charge in [0.15, 0.2) is 0 Å². The highest BCUT2D eigenvalue weighted by molar-refractivity contribution is 6.01. The third-order valence-corrected chi connectivity index (χ3v) is 3.66. The van der Waals surface area contributed by atoms with Crippen LogP contribution in [0.3, 0.4) is 0 Å². The number of amides is 2. The number of hydrogen-bond donors (Lipinski definition) is 1. The van der Waals surface area contributed by atoms with Crippen LogP contribution in [-0.4, -0.2) is 32.5 Å². The number of carbonyl (C=O) groups is 2. The molecule has 0 aliphatic rings. The quantitative estimate of drug-likeness (QED) is 0.919. The number of nitrogens with one attached hydrogen (secondary N) is 1. The Bertz CT molecular complexity index is 724. The monoisotopic (exact) mass is 325 g/mol. The number of anilines is 3. The minimum Gasteiger partial charge on any atom is -0.378 e. The molecule has 0 fully saturated rings. The van der Waals surface area contributed by atoms with Crippen LogP contribution in [0.15, 0.2) is 48.5 Å². The number of nitrogens with zero attached hydrogens (tertiary/aromatic N) is 2. The molecule has 0 aromatic heterocycles. The Kier molecular flexibility index (Phi) is 5.58. The van der Waals surface area contributed by atoms with E-state index in [0.717, 1.165) is 16.9 Å². The smallest absolute Gasteiger partial charge is 0.244 e. The third-order valence-electron chi connectivity index (χ3n) is 3.66. The number of carbonyl (C=O) groups excluding carboxylic acids is 2. The summed E-state index contributed by atoms with van der Waals surface area (Å²) in [6, 6.07) is 15.1. The summed E-state index contributed by atoms with van der Waals surface area (Å²) < 4.78 is 0. The van der Waals surface area contributed by atoms with Gasteiger partial charge in [-0.3, -0.25) is 9.59 Å². The summed E-state index contributed by atoms with van der Waals surface area (Å²) in [7, 11) is 3.92. The van der Waals surface area contributed by atoms with Gasteiger partial charge in [-0.2, -0.15) is 0 Å². The molecule has 0 saturated carbocycles. The van der Waals surface area contributed by atoms with E-state index in [9.17, 15) is 9.59 Å². The molecule has 2 rings (SSSR count). The van der Waals surface area contributed by atoms with E-state index in [1.807, 2.05) is 74.4 Å². The predicted octanol–water partition coefficient (Wildman–Crippen LogP) is 3.05. The first-order valence-corrected chi connectivity index (χ1v) is 7.79. The molecule has 0 heterocycles. The fourth-order valence-corrected chi connectivity index (χ4v) is 2.37. The van der Waals surface area contributed by atoms with E-state index >= 15 is 0 Å². The topological polar surface area (TPSA) is 52.7 Å². The Hall–Kier alpha value is -2.82. The Morgan fingerprint density at radius 2 is 1.67 bits per heavy atom. The van der Waals surface area contributed by atoms with Crippen molar-refractivity contribution in [3.8, 4) is 0 Å². The molecule has 0 atom stereocenters. The van der Waals surface area contributed by atoms with Gasteiger partial charge in [-0.25, -0.2) is 0 Å². The second kappa shape index (κ2) is 7.64. The van der Waals surface area contributed by atoms with Crippen LogP contribution in [0.25, 0.3) is 0 Å². The number of benzene rings is 2. The summed E-state index contributed by atoms with van der Waals surface area (Å²) in [5.41, 5.74) is 3.52.